The molecule has 0 radical (unpaired) electrons. The molecule has 0 aliphatic heterocycles. The van der Waals surface area contributed by atoms with E-state index in [4.69, 9.17) is 0 Å². The standard InChI is InChI=1S/C11H11Br2N3OS/c1-7-5-15-16(6-7)3-2-14-11(17)9-4-8(12)10(13)18-9/h4-6H,2-3H2,1H3,(H,14,17). The van der Waals surface area contributed by atoms with Crippen LogP contribution in [0.2, 0.25) is 0 Å². The summed E-state index contributed by atoms with van der Waals surface area (Å²) in [6.45, 7) is 3.23. The third-order valence-electron chi connectivity index (χ3n) is 2.26. The molecule has 4 nitrogen and oxygen atoms in total. The molecule has 96 valence electrons. The van der Waals surface area contributed by atoms with Crippen LogP contribution in [0.4, 0.5) is 0 Å². The molecule has 1 N–H and O–H groups in total. The van der Waals surface area contributed by atoms with Crippen molar-refractivity contribution in [3.05, 3.63) is 37.2 Å². The maximum Gasteiger partial charge on any atom is 0.261 e. The Hall–Kier alpha value is -0.660. The largest absolute Gasteiger partial charge is 0.349 e. The van der Waals surface area contributed by atoms with Crippen molar-refractivity contribution in [2.45, 2.75) is 13.5 Å². The molecule has 2 heterocycles. The Morgan fingerprint density at radius 2 is 2.33 bits per heavy atom. The van der Waals surface area contributed by atoms with E-state index < -0.39 is 0 Å². The van der Waals surface area contributed by atoms with Gasteiger partial charge in [0, 0.05) is 17.2 Å². The number of thiophene rings is 1. The summed E-state index contributed by atoms with van der Waals surface area (Å²) in [5.74, 6) is -0.0599. The monoisotopic (exact) mass is 391 g/mol. The minimum absolute atomic E-state index is 0.0599. The normalized spacial score (nSPS) is 10.6. The minimum atomic E-state index is -0.0599. The number of hydrogen-bond donors (Lipinski definition) is 1. The Morgan fingerprint density at radius 1 is 1.56 bits per heavy atom. The summed E-state index contributed by atoms with van der Waals surface area (Å²) in [5, 5.41) is 7.02. The van der Waals surface area contributed by atoms with E-state index in [2.05, 4.69) is 42.3 Å². The Morgan fingerprint density at radius 3 is 2.89 bits per heavy atom. The first-order valence-electron chi connectivity index (χ1n) is 5.28. The molecule has 18 heavy (non-hydrogen) atoms. The fourth-order valence-corrected chi connectivity index (χ4v) is 3.37. The van der Waals surface area contributed by atoms with Crippen molar-refractivity contribution in [3.63, 3.8) is 0 Å². The summed E-state index contributed by atoms with van der Waals surface area (Å²) in [4.78, 5) is 12.5. The number of carbonyl (C=O) groups excluding carboxylic acids is 1. The molecule has 2 rings (SSSR count). The predicted octanol–water partition coefficient (Wildman–Crippen LogP) is 3.21. The van der Waals surface area contributed by atoms with Gasteiger partial charge in [0.05, 0.1) is 21.4 Å². The van der Waals surface area contributed by atoms with Crippen molar-refractivity contribution in [2.24, 2.45) is 0 Å². The van der Waals surface area contributed by atoms with Gasteiger partial charge in [0.1, 0.15) is 0 Å². The quantitative estimate of drug-likeness (QED) is 0.868. The molecule has 2 aromatic rings. The molecule has 7 heteroatoms. The first kappa shape index (κ1) is 13.8. The van der Waals surface area contributed by atoms with Crippen LogP contribution in [0.1, 0.15) is 15.2 Å². The second kappa shape index (κ2) is 5.99. The van der Waals surface area contributed by atoms with Crippen LogP contribution >= 0.6 is 43.2 Å². The maximum atomic E-state index is 11.8. The lowest BCUT2D eigenvalue weighted by atomic mass is 10.4. The third kappa shape index (κ3) is 3.43. The second-order valence-electron chi connectivity index (χ2n) is 3.77. The number of aromatic nitrogens is 2. The van der Waals surface area contributed by atoms with Crippen LogP contribution < -0.4 is 5.32 Å². The highest BCUT2D eigenvalue weighted by Crippen LogP contribution is 2.32. The van der Waals surface area contributed by atoms with Crippen LogP contribution in [0.25, 0.3) is 0 Å². The van der Waals surface area contributed by atoms with Gasteiger partial charge in [-0.3, -0.25) is 9.48 Å². The maximum absolute atomic E-state index is 11.8. The van der Waals surface area contributed by atoms with Crippen LogP contribution in [0, 0.1) is 6.92 Å². The van der Waals surface area contributed by atoms with E-state index >= 15 is 0 Å². The van der Waals surface area contributed by atoms with E-state index in [-0.39, 0.29) is 5.91 Å². The molecule has 0 atom stereocenters. The van der Waals surface area contributed by atoms with E-state index in [1.807, 2.05) is 23.9 Å². The predicted molar refractivity (Wildman–Crippen MR) is 79.0 cm³/mol. The van der Waals surface area contributed by atoms with Crippen LogP contribution in [-0.2, 0) is 6.54 Å². The molecule has 0 bridgehead atoms. The molecular weight excluding hydrogens is 382 g/mol. The topological polar surface area (TPSA) is 46.9 Å². The summed E-state index contributed by atoms with van der Waals surface area (Å²) < 4.78 is 3.64. The molecule has 0 saturated carbocycles. The van der Waals surface area contributed by atoms with Gasteiger partial charge in [-0.05, 0) is 50.4 Å². The average molecular weight is 393 g/mol. The molecule has 1 amide bonds. The second-order valence-corrected chi connectivity index (χ2v) is 6.99. The molecular formula is C11H11Br2N3OS. The summed E-state index contributed by atoms with van der Waals surface area (Å²) >= 11 is 8.14. The first-order chi connectivity index (χ1) is 8.56. The summed E-state index contributed by atoms with van der Waals surface area (Å²) in [6, 6.07) is 1.81. The number of carbonyl (C=O) groups is 1. The van der Waals surface area contributed by atoms with E-state index in [0.717, 1.165) is 13.8 Å². The fourth-order valence-electron chi connectivity index (χ4n) is 1.42. The van der Waals surface area contributed by atoms with Gasteiger partial charge >= 0.3 is 0 Å². The van der Waals surface area contributed by atoms with Crippen molar-refractivity contribution in [3.8, 4) is 0 Å². The number of rotatable bonds is 4. The Balaban J connectivity index is 1.85. The van der Waals surface area contributed by atoms with Gasteiger partial charge in [-0.2, -0.15) is 5.10 Å². The highest BCUT2D eigenvalue weighted by Gasteiger charge is 2.11. The summed E-state index contributed by atoms with van der Waals surface area (Å²) in [5.41, 5.74) is 1.12. The molecule has 0 aliphatic carbocycles. The van der Waals surface area contributed by atoms with Gasteiger partial charge in [-0.25, -0.2) is 0 Å². The van der Waals surface area contributed by atoms with Crippen LogP contribution in [0.15, 0.2) is 26.7 Å². The number of hydrogen-bond acceptors (Lipinski definition) is 3. The lowest BCUT2D eigenvalue weighted by molar-refractivity contribution is 0.0956. The van der Waals surface area contributed by atoms with Crippen molar-refractivity contribution in [1.82, 2.24) is 15.1 Å². The zero-order chi connectivity index (χ0) is 13.1. The molecule has 0 spiro atoms. The molecule has 2 aromatic heterocycles. The van der Waals surface area contributed by atoms with Gasteiger partial charge in [0.25, 0.3) is 5.91 Å². The highest BCUT2D eigenvalue weighted by atomic mass is 79.9. The lowest BCUT2D eigenvalue weighted by Gasteiger charge is -2.03. The van der Waals surface area contributed by atoms with E-state index in [1.54, 1.807) is 6.20 Å². The van der Waals surface area contributed by atoms with Gasteiger partial charge in [-0.1, -0.05) is 0 Å². The van der Waals surface area contributed by atoms with E-state index in [0.29, 0.717) is 18.0 Å². The van der Waals surface area contributed by atoms with Gasteiger partial charge in [-0.15, -0.1) is 11.3 Å². The molecule has 0 saturated heterocycles. The summed E-state index contributed by atoms with van der Waals surface area (Å²) in [6.07, 6.45) is 3.75. The Kier molecular flexibility index (Phi) is 4.58. The van der Waals surface area contributed by atoms with E-state index in [9.17, 15) is 4.79 Å². The van der Waals surface area contributed by atoms with Crippen LogP contribution in [0.5, 0.6) is 0 Å². The average Bonchev–Trinajstić information content (AvgIpc) is 2.87. The van der Waals surface area contributed by atoms with Crippen LogP contribution in [-0.4, -0.2) is 22.2 Å². The SMILES string of the molecule is Cc1cnn(CCNC(=O)c2cc(Br)c(Br)s2)c1. The molecule has 0 fully saturated rings. The lowest BCUT2D eigenvalue weighted by Crippen LogP contribution is -2.26. The smallest absolute Gasteiger partial charge is 0.261 e. The molecule has 0 unspecified atom stereocenters. The van der Waals surface area contributed by atoms with Crippen molar-refractivity contribution in [1.29, 1.82) is 0 Å². The highest BCUT2D eigenvalue weighted by molar-refractivity contribution is 9.13. The Labute approximate surface area is 126 Å². The number of nitrogens with zero attached hydrogens (tertiary/aromatic N) is 2. The minimum Gasteiger partial charge on any atom is -0.349 e. The molecule has 0 aromatic carbocycles. The zero-order valence-electron chi connectivity index (χ0n) is 9.61. The molecule has 0 aliphatic rings. The first-order valence-corrected chi connectivity index (χ1v) is 7.68. The van der Waals surface area contributed by atoms with Crippen molar-refractivity contribution < 1.29 is 4.79 Å². The number of halogens is 2. The third-order valence-corrected chi connectivity index (χ3v) is 5.51. The van der Waals surface area contributed by atoms with E-state index in [1.165, 1.54) is 11.3 Å². The van der Waals surface area contributed by atoms with Crippen molar-refractivity contribution in [2.75, 3.05) is 6.54 Å². The Bertz CT molecular complexity index is 545. The summed E-state index contributed by atoms with van der Waals surface area (Å²) in [7, 11) is 0. The zero-order valence-corrected chi connectivity index (χ0v) is 13.6. The van der Waals surface area contributed by atoms with Crippen molar-refractivity contribution >= 4 is 49.1 Å². The fraction of sp³-hybridized carbons (Fsp3) is 0.273. The van der Waals surface area contributed by atoms with Crippen LogP contribution in [0.3, 0.4) is 0 Å². The van der Waals surface area contributed by atoms with Gasteiger partial charge in [0.2, 0.25) is 0 Å². The number of amides is 1. The van der Waals surface area contributed by atoms with Gasteiger partial charge < -0.3 is 5.32 Å². The van der Waals surface area contributed by atoms with Gasteiger partial charge in [0.15, 0.2) is 0 Å². The number of aryl methyl sites for hydroxylation is 1. The number of nitrogens with one attached hydrogen (secondary N) is 1.